The Bertz CT molecular complexity index is 444. The number of methoxy groups -OCH3 is 1. The van der Waals surface area contributed by atoms with Crippen LogP contribution in [0.5, 0.6) is 0 Å². The van der Waals surface area contributed by atoms with Crippen LogP contribution in [-0.4, -0.2) is 31.7 Å². The largest absolute Gasteiger partial charge is 0.378 e. The van der Waals surface area contributed by atoms with Gasteiger partial charge >= 0.3 is 0 Å². The quantitative estimate of drug-likeness (QED) is 0.833. The number of carbonyl (C=O) groups is 1. The lowest BCUT2D eigenvalue weighted by Crippen LogP contribution is -2.39. The summed E-state index contributed by atoms with van der Waals surface area (Å²) in [5, 5.41) is 0. The highest BCUT2D eigenvalue weighted by molar-refractivity contribution is 5.94. The van der Waals surface area contributed by atoms with E-state index in [-0.39, 0.29) is 5.91 Å². The predicted molar refractivity (Wildman–Crippen MR) is 82.9 cm³/mol. The zero-order valence-electron chi connectivity index (χ0n) is 13.0. The van der Waals surface area contributed by atoms with Gasteiger partial charge in [-0.15, -0.1) is 0 Å². The molecule has 0 spiro atoms. The molecule has 0 fully saturated rings. The third-order valence-electron chi connectivity index (χ3n) is 3.42. The van der Waals surface area contributed by atoms with Crippen molar-refractivity contribution in [2.75, 3.05) is 25.1 Å². The van der Waals surface area contributed by atoms with E-state index in [0.29, 0.717) is 19.5 Å². The minimum absolute atomic E-state index is 0.0691. The highest BCUT2D eigenvalue weighted by Crippen LogP contribution is 2.23. The van der Waals surface area contributed by atoms with Crippen molar-refractivity contribution < 1.29 is 9.53 Å². The third kappa shape index (κ3) is 4.62. The molecule has 0 bridgehead atoms. The first-order chi connectivity index (χ1) is 9.41. The molecular formula is C16H26N2O2. The molecule has 1 rings (SSSR count). The molecule has 0 saturated heterocycles. The van der Waals surface area contributed by atoms with Crippen molar-refractivity contribution in [2.24, 2.45) is 5.73 Å². The minimum Gasteiger partial charge on any atom is -0.378 e. The maximum atomic E-state index is 12.6. The normalized spacial score (nSPS) is 11.4. The van der Waals surface area contributed by atoms with Crippen LogP contribution in [0.25, 0.3) is 0 Å². The summed E-state index contributed by atoms with van der Waals surface area (Å²) in [5.74, 6) is 0.0691. The summed E-state index contributed by atoms with van der Waals surface area (Å²) in [6, 6.07) is 7.92. The average Bonchev–Trinajstić information content (AvgIpc) is 2.40. The van der Waals surface area contributed by atoms with Crippen LogP contribution in [0.2, 0.25) is 0 Å². The van der Waals surface area contributed by atoms with E-state index in [9.17, 15) is 4.79 Å². The summed E-state index contributed by atoms with van der Waals surface area (Å²) in [5.41, 5.74) is 7.17. The molecule has 0 atom stereocenters. The van der Waals surface area contributed by atoms with Crippen molar-refractivity contribution in [1.29, 1.82) is 0 Å². The summed E-state index contributed by atoms with van der Waals surface area (Å²) in [6.45, 7) is 7.07. The molecule has 1 amide bonds. The summed E-state index contributed by atoms with van der Waals surface area (Å²) >= 11 is 0. The highest BCUT2D eigenvalue weighted by Gasteiger charge is 2.26. The summed E-state index contributed by atoms with van der Waals surface area (Å²) in [6.07, 6.45) is 1.13. The van der Waals surface area contributed by atoms with Gasteiger partial charge in [-0.25, -0.2) is 0 Å². The van der Waals surface area contributed by atoms with E-state index in [0.717, 1.165) is 17.7 Å². The Morgan fingerprint density at radius 2 is 2.00 bits per heavy atom. The topological polar surface area (TPSA) is 55.6 Å². The molecular weight excluding hydrogens is 252 g/mol. The van der Waals surface area contributed by atoms with Gasteiger partial charge in [0.25, 0.3) is 0 Å². The Morgan fingerprint density at radius 3 is 2.55 bits per heavy atom. The monoisotopic (exact) mass is 278 g/mol. The van der Waals surface area contributed by atoms with Gasteiger partial charge in [-0.3, -0.25) is 4.79 Å². The molecule has 0 aliphatic carbocycles. The molecule has 0 aromatic heterocycles. The fourth-order valence-corrected chi connectivity index (χ4v) is 2.03. The summed E-state index contributed by atoms with van der Waals surface area (Å²) < 4.78 is 5.36. The van der Waals surface area contributed by atoms with Crippen LogP contribution >= 0.6 is 0 Å². The fraction of sp³-hybridized carbons (Fsp3) is 0.562. The second-order valence-electron chi connectivity index (χ2n) is 5.61. The molecule has 0 unspecified atom stereocenters. The number of rotatable bonds is 7. The van der Waals surface area contributed by atoms with Crippen LogP contribution in [0.3, 0.4) is 0 Å². The Morgan fingerprint density at radius 1 is 1.35 bits per heavy atom. The number of benzene rings is 1. The fourth-order valence-electron chi connectivity index (χ4n) is 2.03. The molecule has 0 radical (unpaired) electrons. The Kier molecular flexibility index (Phi) is 6.17. The highest BCUT2D eigenvalue weighted by atomic mass is 16.5. The van der Waals surface area contributed by atoms with Crippen molar-refractivity contribution >= 4 is 11.6 Å². The number of nitrogens with zero attached hydrogens (tertiary/aromatic N) is 1. The van der Waals surface area contributed by atoms with Crippen LogP contribution in [0, 0.1) is 6.92 Å². The molecule has 112 valence electrons. The van der Waals surface area contributed by atoms with Gasteiger partial charge in [0, 0.05) is 19.3 Å². The lowest BCUT2D eigenvalue weighted by Gasteiger charge is -2.29. The third-order valence-corrected chi connectivity index (χ3v) is 3.42. The first kappa shape index (κ1) is 16.7. The van der Waals surface area contributed by atoms with Crippen LogP contribution in [0.4, 0.5) is 5.69 Å². The lowest BCUT2D eigenvalue weighted by molar-refractivity contribution is -0.123. The van der Waals surface area contributed by atoms with Gasteiger partial charge in [0.15, 0.2) is 0 Å². The Balaban J connectivity index is 2.95. The average molecular weight is 278 g/mol. The summed E-state index contributed by atoms with van der Waals surface area (Å²) in [7, 11) is 1.63. The number of amides is 1. The molecule has 2 N–H and O–H groups in total. The first-order valence-corrected chi connectivity index (χ1v) is 7.02. The SMILES string of the molecule is COC(C)(C)CC(=O)N(CCCN)c1ccccc1C. The van der Waals surface area contributed by atoms with Crippen molar-refractivity contribution in [2.45, 2.75) is 39.2 Å². The second-order valence-corrected chi connectivity index (χ2v) is 5.61. The molecule has 1 aromatic carbocycles. The molecule has 1 aromatic rings. The molecule has 0 aliphatic heterocycles. The van der Waals surface area contributed by atoms with Crippen molar-refractivity contribution in [3.63, 3.8) is 0 Å². The van der Waals surface area contributed by atoms with Crippen molar-refractivity contribution in [1.82, 2.24) is 0 Å². The van der Waals surface area contributed by atoms with E-state index in [2.05, 4.69) is 0 Å². The first-order valence-electron chi connectivity index (χ1n) is 7.02. The van der Waals surface area contributed by atoms with Crippen LogP contribution in [-0.2, 0) is 9.53 Å². The number of nitrogens with two attached hydrogens (primary N) is 1. The van der Waals surface area contributed by atoms with E-state index < -0.39 is 5.60 Å². The molecule has 4 heteroatoms. The maximum Gasteiger partial charge on any atom is 0.229 e. The Labute approximate surface area is 121 Å². The number of para-hydroxylation sites is 1. The minimum atomic E-state index is -0.458. The van der Waals surface area contributed by atoms with Crippen molar-refractivity contribution in [3.05, 3.63) is 29.8 Å². The van der Waals surface area contributed by atoms with Crippen LogP contribution < -0.4 is 10.6 Å². The van der Waals surface area contributed by atoms with E-state index in [1.807, 2.05) is 49.9 Å². The van der Waals surface area contributed by atoms with Crippen LogP contribution in [0.15, 0.2) is 24.3 Å². The van der Waals surface area contributed by atoms with E-state index in [4.69, 9.17) is 10.5 Å². The van der Waals surface area contributed by atoms with Gasteiger partial charge in [0.2, 0.25) is 5.91 Å². The van der Waals surface area contributed by atoms with Gasteiger partial charge in [-0.05, 0) is 45.4 Å². The van der Waals surface area contributed by atoms with E-state index in [1.54, 1.807) is 7.11 Å². The molecule has 0 heterocycles. The number of anilines is 1. The number of hydrogen-bond donors (Lipinski definition) is 1. The lowest BCUT2D eigenvalue weighted by atomic mass is 10.0. The van der Waals surface area contributed by atoms with Gasteiger partial charge in [-0.2, -0.15) is 0 Å². The predicted octanol–water partition coefficient (Wildman–Crippen LogP) is 2.49. The van der Waals surface area contributed by atoms with Gasteiger partial charge in [0.1, 0.15) is 0 Å². The van der Waals surface area contributed by atoms with Gasteiger partial charge in [0.05, 0.1) is 12.0 Å². The van der Waals surface area contributed by atoms with E-state index >= 15 is 0 Å². The van der Waals surface area contributed by atoms with Gasteiger partial charge in [-0.1, -0.05) is 18.2 Å². The number of ether oxygens (including phenoxy) is 1. The number of aryl methyl sites for hydroxylation is 1. The number of carbonyl (C=O) groups excluding carboxylic acids is 1. The molecule has 0 aliphatic rings. The zero-order chi connectivity index (χ0) is 15.2. The maximum absolute atomic E-state index is 12.6. The standard InChI is InChI=1S/C16H26N2O2/c1-13-8-5-6-9-14(13)18(11-7-10-17)15(19)12-16(2,3)20-4/h5-6,8-9H,7,10-12,17H2,1-4H3. The van der Waals surface area contributed by atoms with Crippen molar-refractivity contribution in [3.8, 4) is 0 Å². The Hall–Kier alpha value is -1.39. The van der Waals surface area contributed by atoms with E-state index in [1.165, 1.54) is 0 Å². The molecule has 20 heavy (non-hydrogen) atoms. The zero-order valence-corrected chi connectivity index (χ0v) is 13.0. The smallest absolute Gasteiger partial charge is 0.229 e. The number of hydrogen-bond acceptors (Lipinski definition) is 3. The molecule has 4 nitrogen and oxygen atoms in total. The van der Waals surface area contributed by atoms with Gasteiger partial charge < -0.3 is 15.4 Å². The van der Waals surface area contributed by atoms with Crippen LogP contribution in [0.1, 0.15) is 32.3 Å². The second kappa shape index (κ2) is 7.41. The summed E-state index contributed by atoms with van der Waals surface area (Å²) in [4.78, 5) is 14.4. The molecule has 0 saturated carbocycles.